The lowest BCUT2D eigenvalue weighted by atomic mass is 9.96. The molecule has 0 aromatic heterocycles. The maximum Gasteiger partial charge on any atom is 0.120 e. The molecular weight excluding hydrogens is 236 g/mol. The molecule has 2 N–H and O–H groups in total. The van der Waals surface area contributed by atoms with Gasteiger partial charge >= 0.3 is 0 Å². The molecule has 96 valence electrons. The van der Waals surface area contributed by atoms with E-state index in [0.717, 1.165) is 17.7 Å². The summed E-state index contributed by atoms with van der Waals surface area (Å²) in [5, 5.41) is 14.3. The zero-order valence-electron chi connectivity index (χ0n) is 10.8. The first-order valence-corrected chi connectivity index (χ1v) is 6.41. The Balaban J connectivity index is 1.85. The van der Waals surface area contributed by atoms with E-state index in [1.54, 1.807) is 6.07 Å². The Bertz CT molecular complexity index is 634. The van der Waals surface area contributed by atoms with Crippen molar-refractivity contribution in [2.75, 3.05) is 0 Å². The maximum absolute atomic E-state index is 9.89. The first-order chi connectivity index (χ1) is 9.25. The quantitative estimate of drug-likeness (QED) is 0.862. The van der Waals surface area contributed by atoms with Crippen molar-refractivity contribution in [3.63, 3.8) is 0 Å². The fourth-order valence-electron chi connectivity index (χ4n) is 2.47. The number of hydrogen-bond donors (Lipinski definition) is 2. The van der Waals surface area contributed by atoms with Crippen LogP contribution in [0.2, 0.25) is 0 Å². The Hall–Kier alpha value is -2.29. The van der Waals surface area contributed by atoms with Gasteiger partial charge in [-0.3, -0.25) is 0 Å². The Morgan fingerprint density at radius 2 is 1.84 bits per heavy atom. The summed E-state index contributed by atoms with van der Waals surface area (Å²) in [6.45, 7) is 2.09. The van der Waals surface area contributed by atoms with Crippen molar-refractivity contribution in [3.05, 3.63) is 65.2 Å². The molecule has 1 atom stereocenters. The minimum atomic E-state index is 0.0517. The average molecular weight is 252 g/mol. The van der Waals surface area contributed by atoms with Gasteiger partial charge in [-0.25, -0.2) is 0 Å². The number of phenols is 1. The van der Waals surface area contributed by atoms with Gasteiger partial charge in [-0.15, -0.1) is 0 Å². The fourth-order valence-corrected chi connectivity index (χ4v) is 2.47. The zero-order chi connectivity index (χ0) is 13.2. The summed E-state index contributed by atoms with van der Waals surface area (Å²) in [4.78, 5) is 0. The van der Waals surface area contributed by atoms with Crippen molar-refractivity contribution < 1.29 is 5.11 Å². The van der Waals surface area contributed by atoms with Gasteiger partial charge in [0.15, 0.2) is 0 Å². The normalized spacial score (nSPS) is 17.9. The van der Waals surface area contributed by atoms with Crippen molar-refractivity contribution in [1.82, 2.24) is 5.43 Å². The van der Waals surface area contributed by atoms with E-state index in [0.29, 0.717) is 5.75 Å². The lowest BCUT2D eigenvalue weighted by molar-refractivity contribution is 0.455. The SMILES string of the molecule is Cc1ccccc1C1=NNC(c2ccccc2O)C1. The number of nitrogens with zero attached hydrogens (tertiary/aromatic N) is 1. The Morgan fingerprint density at radius 1 is 1.11 bits per heavy atom. The van der Waals surface area contributed by atoms with Crippen molar-refractivity contribution in [1.29, 1.82) is 0 Å². The summed E-state index contributed by atoms with van der Waals surface area (Å²) in [5.74, 6) is 0.321. The maximum atomic E-state index is 9.89. The third-order valence-electron chi connectivity index (χ3n) is 3.52. The smallest absolute Gasteiger partial charge is 0.120 e. The van der Waals surface area contributed by atoms with Gasteiger partial charge in [0.25, 0.3) is 0 Å². The molecule has 1 heterocycles. The van der Waals surface area contributed by atoms with Crippen LogP contribution >= 0.6 is 0 Å². The highest BCUT2D eigenvalue weighted by Gasteiger charge is 2.23. The summed E-state index contributed by atoms with van der Waals surface area (Å²) < 4.78 is 0. The molecule has 0 radical (unpaired) electrons. The highest BCUT2D eigenvalue weighted by atomic mass is 16.3. The van der Waals surface area contributed by atoms with Crippen LogP contribution in [-0.4, -0.2) is 10.8 Å². The monoisotopic (exact) mass is 252 g/mol. The molecule has 1 aliphatic heterocycles. The molecule has 1 aliphatic rings. The van der Waals surface area contributed by atoms with Crippen molar-refractivity contribution in [2.45, 2.75) is 19.4 Å². The molecule has 0 bridgehead atoms. The number of benzene rings is 2. The summed E-state index contributed by atoms with van der Waals surface area (Å²) in [5.41, 5.74) is 7.46. The lowest BCUT2D eigenvalue weighted by Gasteiger charge is -2.11. The molecule has 2 aromatic rings. The van der Waals surface area contributed by atoms with Crippen LogP contribution in [0, 0.1) is 6.92 Å². The summed E-state index contributed by atoms with van der Waals surface area (Å²) in [6.07, 6.45) is 0.794. The van der Waals surface area contributed by atoms with Gasteiger partial charge in [0.2, 0.25) is 0 Å². The van der Waals surface area contributed by atoms with Crippen LogP contribution in [0.25, 0.3) is 0 Å². The number of hydrogen-bond acceptors (Lipinski definition) is 3. The molecule has 0 saturated heterocycles. The molecule has 1 unspecified atom stereocenters. The van der Waals surface area contributed by atoms with Crippen molar-refractivity contribution in [3.8, 4) is 5.75 Å². The van der Waals surface area contributed by atoms with Gasteiger partial charge in [0, 0.05) is 17.5 Å². The van der Waals surface area contributed by atoms with Gasteiger partial charge in [-0.1, -0.05) is 42.5 Å². The number of hydrazone groups is 1. The van der Waals surface area contributed by atoms with Crippen molar-refractivity contribution >= 4 is 5.71 Å². The second-order valence-electron chi connectivity index (χ2n) is 4.82. The summed E-state index contributed by atoms with van der Waals surface area (Å²) >= 11 is 0. The molecule has 0 fully saturated rings. The average Bonchev–Trinajstić information content (AvgIpc) is 2.89. The topological polar surface area (TPSA) is 44.6 Å². The van der Waals surface area contributed by atoms with Crippen LogP contribution in [0.5, 0.6) is 5.75 Å². The van der Waals surface area contributed by atoms with Crippen LogP contribution < -0.4 is 5.43 Å². The molecule has 3 rings (SSSR count). The Morgan fingerprint density at radius 3 is 2.63 bits per heavy atom. The standard InChI is InChI=1S/C16H16N2O/c1-11-6-2-3-7-12(11)14-10-15(18-17-14)13-8-4-5-9-16(13)19/h2-9,15,18-19H,10H2,1H3. The summed E-state index contributed by atoms with van der Waals surface area (Å²) in [7, 11) is 0. The van der Waals surface area contributed by atoms with Gasteiger partial charge < -0.3 is 10.5 Å². The van der Waals surface area contributed by atoms with Crippen LogP contribution in [0.1, 0.15) is 29.2 Å². The van der Waals surface area contributed by atoms with Gasteiger partial charge in [-0.2, -0.15) is 5.10 Å². The van der Waals surface area contributed by atoms with Crippen molar-refractivity contribution in [2.24, 2.45) is 5.10 Å². The zero-order valence-corrected chi connectivity index (χ0v) is 10.8. The van der Waals surface area contributed by atoms with Gasteiger partial charge in [0.1, 0.15) is 5.75 Å². The number of rotatable bonds is 2. The van der Waals surface area contributed by atoms with Crippen LogP contribution in [-0.2, 0) is 0 Å². The van der Waals surface area contributed by atoms with Crippen LogP contribution in [0.15, 0.2) is 53.6 Å². The molecule has 0 amide bonds. The first kappa shape index (κ1) is 11.8. The molecule has 2 aromatic carbocycles. The van der Waals surface area contributed by atoms with E-state index in [2.05, 4.69) is 29.6 Å². The minimum Gasteiger partial charge on any atom is -0.508 e. The largest absolute Gasteiger partial charge is 0.508 e. The molecular formula is C16H16N2O. The lowest BCUT2D eigenvalue weighted by Crippen LogP contribution is -2.10. The van der Waals surface area contributed by atoms with E-state index in [1.807, 2.05) is 30.3 Å². The summed E-state index contributed by atoms with van der Waals surface area (Å²) in [6, 6.07) is 15.7. The van der Waals surface area contributed by atoms with E-state index >= 15 is 0 Å². The minimum absolute atomic E-state index is 0.0517. The molecule has 0 aliphatic carbocycles. The number of nitrogens with one attached hydrogen (secondary N) is 1. The second-order valence-corrected chi connectivity index (χ2v) is 4.82. The van der Waals surface area contributed by atoms with E-state index in [4.69, 9.17) is 0 Å². The predicted molar refractivity (Wildman–Crippen MR) is 76.3 cm³/mol. The molecule has 19 heavy (non-hydrogen) atoms. The third kappa shape index (κ3) is 2.19. The first-order valence-electron chi connectivity index (χ1n) is 6.41. The van der Waals surface area contributed by atoms with E-state index in [9.17, 15) is 5.11 Å². The third-order valence-corrected chi connectivity index (χ3v) is 3.52. The van der Waals surface area contributed by atoms with Crippen LogP contribution in [0.3, 0.4) is 0 Å². The molecule has 0 spiro atoms. The Labute approximate surface area is 112 Å². The van der Waals surface area contributed by atoms with E-state index < -0.39 is 0 Å². The molecule has 3 nitrogen and oxygen atoms in total. The van der Waals surface area contributed by atoms with E-state index in [-0.39, 0.29) is 6.04 Å². The van der Waals surface area contributed by atoms with Crippen LogP contribution in [0.4, 0.5) is 0 Å². The number of para-hydroxylation sites is 1. The highest BCUT2D eigenvalue weighted by molar-refractivity contribution is 6.03. The number of aryl methyl sites for hydroxylation is 1. The molecule has 0 saturated carbocycles. The van der Waals surface area contributed by atoms with E-state index in [1.165, 1.54) is 11.1 Å². The van der Waals surface area contributed by atoms with Gasteiger partial charge in [-0.05, 0) is 18.6 Å². The predicted octanol–water partition coefficient (Wildman–Crippen LogP) is 3.14. The highest BCUT2D eigenvalue weighted by Crippen LogP contribution is 2.30. The molecule has 3 heteroatoms. The number of phenolic OH excluding ortho intramolecular Hbond substituents is 1. The Kier molecular flexibility index (Phi) is 2.95. The van der Waals surface area contributed by atoms with Gasteiger partial charge in [0.05, 0.1) is 11.8 Å². The second kappa shape index (κ2) is 4.76. The number of aromatic hydroxyl groups is 1. The fraction of sp³-hybridized carbons (Fsp3) is 0.188.